The van der Waals surface area contributed by atoms with E-state index in [2.05, 4.69) is 10.2 Å². The maximum absolute atomic E-state index is 11.9. The molecule has 1 N–H and O–H groups in total. The molecular weight excluding hydrogens is 336 g/mol. The largest absolute Gasteiger partial charge is 0.493 e. The molecule has 0 aliphatic carbocycles. The fraction of sp³-hybridized carbons (Fsp3) is 0.0556. The number of amides is 1. The first-order valence-corrected chi connectivity index (χ1v) is 7.62. The molecule has 8 heteroatoms. The van der Waals surface area contributed by atoms with E-state index < -0.39 is 10.8 Å². The SMILES string of the molecule is Cn1c(O)c(N=NC(=O)C=Cc2cccc([N+](=O)[O-])c2)c2ccccc21. The van der Waals surface area contributed by atoms with Gasteiger partial charge in [0.2, 0.25) is 5.88 Å². The molecule has 0 saturated heterocycles. The molecule has 26 heavy (non-hydrogen) atoms. The predicted octanol–water partition coefficient (Wildman–Crippen LogP) is 4.12. The van der Waals surface area contributed by atoms with E-state index in [1.807, 2.05) is 12.1 Å². The topological polar surface area (TPSA) is 110 Å². The number of carbonyl (C=O) groups excluding carboxylic acids is 1. The van der Waals surface area contributed by atoms with Crippen LogP contribution in [0.4, 0.5) is 11.4 Å². The maximum atomic E-state index is 11.9. The van der Waals surface area contributed by atoms with Gasteiger partial charge < -0.3 is 9.67 Å². The lowest BCUT2D eigenvalue weighted by molar-refractivity contribution is -0.384. The molecule has 0 radical (unpaired) electrons. The number of nitro benzene ring substituents is 1. The molecule has 0 atom stereocenters. The van der Waals surface area contributed by atoms with E-state index in [9.17, 15) is 20.0 Å². The molecular formula is C18H14N4O4. The van der Waals surface area contributed by atoms with Crippen LogP contribution in [0.2, 0.25) is 0 Å². The number of nitro groups is 1. The van der Waals surface area contributed by atoms with Crippen molar-refractivity contribution in [3.63, 3.8) is 0 Å². The maximum Gasteiger partial charge on any atom is 0.288 e. The minimum absolute atomic E-state index is 0.0677. The number of rotatable bonds is 4. The highest BCUT2D eigenvalue weighted by Crippen LogP contribution is 2.37. The van der Waals surface area contributed by atoms with Crippen molar-refractivity contribution in [1.82, 2.24) is 4.57 Å². The zero-order valence-electron chi connectivity index (χ0n) is 13.7. The van der Waals surface area contributed by atoms with Crippen LogP contribution in [0, 0.1) is 10.1 Å². The summed E-state index contributed by atoms with van der Waals surface area (Å²) in [5.74, 6) is -0.741. The number of aryl methyl sites for hydroxylation is 1. The Balaban J connectivity index is 1.82. The van der Waals surface area contributed by atoms with Gasteiger partial charge in [0.05, 0.1) is 10.4 Å². The second kappa shape index (κ2) is 6.98. The number of aromatic hydroxyl groups is 1. The third kappa shape index (κ3) is 3.34. The van der Waals surface area contributed by atoms with E-state index in [4.69, 9.17) is 0 Å². The summed E-state index contributed by atoms with van der Waals surface area (Å²) in [4.78, 5) is 22.1. The molecule has 130 valence electrons. The number of benzene rings is 2. The number of hydrogen-bond donors (Lipinski definition) is 1. The van der Waals surface area contributed by atoms with Gasteiger partial charge >= 0.3 is 0 Å². The minimum Gasteiger partial charge on any atom is -0.493 e. The Morgan fingerprint density at radius 1 is 1.23 bits per heavy atom. The summed E-state index contributed by atoms with van der Waals surface area (Å²) >= 11 is 0. The van der Waals surface area contributed by atoms with Gasteiger partial charge in [-0.15, -0.1) is 10.2 Å². The number of carbonyl (C=O) groups is 1. The third-order valence-electron chi connectivity index (χ3n) is 3.80. The van der Waals surface area contributed by atoms with Gasteiger partial charge in [-0.25, -0.2) is 0 Å². The highest BCUT2D eigenvalue weighted by molar-refractivity contribution is 5.96. The number of azo groups is 1. The first-order valence-electron chi connectivity index (χ1n) is 7.62. The summed E-state index contributed by atoms with van der Waals surface area (Å²) in [5, 5.41) is 29.0. The number of non-ortho nitro benzene ring substituents is 1. The van der Waals surface area contributed by atoms with Crippen LogP contribution < -0.4 is 0 Å². The summed E-state index contributed by atoms with van der Waals surface area (Å²) in [7, 11) is 1.68. The van der Waals surface area contributed by atoms with Crippen LogP contribution in [0.5, 0.6) is 5.88 Å². The normalized spacial score (nSPS) is 11.6. The van der Waals surface area contributed by atoms with Crippen molar-refractivity contribution in [1.29, 1.82) is 0 Å². The van der Waals surface area contributed by atoms with E-state index in [1.165, 1.54) is 24.3 Å². The van der Waals surface area contributed by atoms with Crippen molar-refractivity contribution in [2.75, 3.05) is 0 Å². The smallest absolute Gasteiger partial charge is 0.288 e. The molecule has 0 saturated carbocycles. The van der Waals surface area contributed by atoms with Gasteiger partial charge in [-0.1, -0.05) is 30.3 Å². The van der Waals surface area contributed by atoms with Gasteiger partial charge in [-0.3, -0.25) is 14.9 Å². The lowest BCUT2D eigenvalue weighted by Crippen LogP contribution is -1.88. The summed E-state index contributed by atoms with van der Waals surface area (Å²) in [5.41, 5.74) is 1.40. The molecule has 0 aliphatic heterocycles. The zero-order chi connectivity index (χ0) is 18.7. The highest BCUT2D eigenvalue weighted by atomic mass is 16.6. The Labute approximate surface area is 147 Å². The number of fused-ring (bicyclic) bond motifs is 1. The summed E-state index contributed by atoms with van der Waals surface area (Å²) in [6.45, 7) is 0. The monoisotopic (exact) mass is 350 g/mol. The van der Waals surface area contributed by atoms with Crippen molar-refractivity contribution >= 4 is 34.3 Å². The molecule has 0 unspecified atom stereocenters. The fourth-order valence-corrected chi connectivity index (χ4v) is 2.50. The molecule has 1 heterocycles. The molecule has 3 rings (SSSR count). The molecule has 2 aromatic carbocycles. The summed E-state index contributed by atoms with van der Waals surface area (Å²) < 4.78 is 1.55. The van der Waals surface area contributed by atoms with Crippen molar-refractivity contribution in [2.45, 2.75) is 0 Å². The van der Waals surface area contributed by atoms with Crippen LogP contribution in [0.15, 0.2) is 64.8 Å². The number of nitrogens with zero attached hydrogens (tertiary/aromatic N) is 4. The first-order chi connectivity index (χ1) is 12.5. The van der Waals surface area contributed by atoms with E-state index in [0.29, 0.717) is 10.9 Å². The van der Waals surface area contributed by atoms with Gasteiger partial charge in [0.25, 0.3) is 11.6 Å². The Morgan fingerprint density at radius 3 is 2.77 bits per heavy atom. The molecule has 3 aromatic rings. The lowest BCUT2D eigenvalue weighted by atomic mass is 10.2. The fourth-order valence-electron chi connectivity index (χ4n) is 2.50. The lowest BCUT2D eigenvalue weighted by Gasteiger charge is -1.95. The molecule has 1 aromatic heterocycles. The molecule has 0 fully saturated rings. The van der Waals surface area contributed by atoms with Gasteiger partial charge in [0.15, 0.2) is 5.69 Å². The minimum atomic E-state index is -0.649. The Bertz CT molecular complexity index is 1070. The van der Waals surface area contributed by atoms with Crippen LogP contribution in [0.25, 0.3) is 17.0 Å². The zero-order valence-corrected chi connectivity index (χ0v) is 13.7. The Hall–Kier alpha value is -3.81. The van der Waals surface area contributed by atoms with E-state index in [0.717, 1.165) is 11.6 Å². The number of aromatic nitrogens is 1. The first kappa shape index (κ1) is 17.0. The third-order valence-corrected chi connectivity index (χ3v) is 3.80. The Morgan fingerprint density at radius 2 is 2.00 bits per heavy atom. The molecule has 0 spiro atoms. The van der Waals surface area contributed by atoms with Gasteiger partial charge in [-0.05, 0) is 17.7 Å². The van der Waals surface area contributed by atoms with Crippen molar-refractivity contribution in [3.05, 3.63) is 70.3 Å². The average molecular weight is 350 g/mol. The summed E-state index contributed by atoms with van der Waals surface area (Å²) in [6, 6.07) is 13.1. The van der Waals surface area contributed by atoms with Crippen molar-refractivity contribution in [3.8, 4) is 5.88 Å². The average Bonchev–Trinajstić information content (AvgIpc) is 2.89. The van der Waals surface area contributed by atoms with Crippen LogP contribution in [-0.4, -0.2) is 20.5 Å². The van der Waals surface area contributed by atoms with Gasteiger partial charge in [0, 0.05) is 30.6 Å². The van der Waals surface area contributed by atoms with Crippen LogP contribution in [-0.2, 0) is 11.8 Å². The van der Waals surface area contributed by atoms with Gasteiger partial charge in [0.1, 0.15) is 0 Å². The highest BCUT2D eigenvalue weighted by Gasteiger charge is 2.13. The van der Waals surface area contributed by atoms with Crippen LogP contribution in [0.3, 0.4) is 0 Å². The number of hydrogen-bond acceptors (Lipinski definition) is 5. The Kier molecular flexibility index (Phi) is 4.57. The van der Waals surface area contributed by atoms with Crippen LogP contribution in [0.1, 0.15) is 5.56 Å². The quantitative estimate of drug-likeness (QED) is 0.330. The van der Waals surface area contributed by atoms with Crippen molar-refractivity contribution < 1.29 is 14.8 Å². The second-order valence-electron chi connectivity index (χ2n) is 5.47. The second-order valence-corrected chi connectivity index (χ2v) is 5.47. The molecule has 0 aliphatic rings. The molecule has 1 amide bonds. The van der Waals surface area contributed by atoms with Crippen molar-refractivity contribution in [2.24, 2.45) is 17.3 Å². The molecule has 0 bridgehead atoms. The summed E-state index contributed by atoms with van der Waals surface area (Å²) in [6.07, 6.45) is 2.57. The standard InChI is InChI=1S/C18H14N4O4/c1-21-15-8-3-2-7-14(15)17(18(21)24)20-19-16(23)10-9-12-5-4-6-13(11-12)22(25)26/h2-11,24H,1H3. The van der Waals surface area contributed by atoms with E-state index >= 15 is 0 Å². The predicted molar refractivity (Wildman–Crippen MR) is 96.2 cm³/mol. The van der Waals surface area contributed by atoms with Crippen LogP contribution >= 0.6 is 0 Å². The molecule has 8 nitrogen and oxygen atoms in total. The number of para-hydroxylation sites is 1. The van der Waals surface area contributed by atoms with E-state index in [-0.39, 0.29) is 17.3 Å². The van der Waals surface area contributed by atoms with E-state index in [1.54, 1.807) is 29.8 Å². The van der Waals surface area contributed by atoms with Gasteiger partial charge in [-0.2, -0.15) is 0 Å².